The lowest BCUT2D eigenvalue weighted by Crippen LogP contribution is -2.34. The number of ether oxygens (including phenoxy) is 1. The minimum atomic E-state index is -0.393. The maximum atomic E-state index is 11.6. The Morgan fingerprint density at radius 2 is 1.81 bits per heavy atom. The number of nitrogens with two attached hydrogens (primary N) is 1. The fourth-order valence-electron chi connectivity index (χ4n) is 2.65. The summed E-state index contributed by atoms with van der Waals surface area (Å²) in [4.78, 5) is 22.7. The summed E-state index contributed by atoms with van der Waals surface area (Å²) in [6, 6.07) is 9.57. The molecule has 3 N–H and O–H groups in total. The molecule has 0 aromatic heterocycles. The van der Waals surface area contributed by atoms with Crippen molar-refractivity contribution in [1.82, 2.24) is 5.32 Å². The summed E-state index contributed by atoms with van der Waals surface area (Å²) in [5, 5.41) is 2.79. The Morgan fingerprint density at radius 1 is 1.14 bits per heavy atom. The van der Waals surface area contributed by atoms with E-state index in [0.717, 1.165) is 31.2 Å². The van der Waals surface area contributed by atoms with Crippen molar-refractivity contribution in [3.05, 3.63) is 35.9 Å². The maximum Gasteiger partial charge on any atom is 0.407 e. The number of nitrogens with one attached hydrogen (secondary N) is 1. The van der Waals surface area contributed by atoms with Crippen molar-refractivity contribution in [2.45, 2.75) is 32.3 Å². The van der Waals surface area contributed by atoms with Gasteiger partial charge in [0, 0.05) is 12.5 Å². The van der Waals surface area contributed by atoms with Gasteiger partial charge in [-0.3, -0.25) is 4.79 Å². The van der Waals surface area contributed by atoms with Crippen LogP contribution >= 0.6 is 0 Å². The van der Waals surface area contributed by atoms with Gasteiger partial charge in [0.2, 0.25) is 5.91 Å². The second kappa shape index (κ2) is 7.67. The van der Waals surface area contributed by atoms with Crippen molar-refractivity contribution in [3.63, 3.8) is 0 Å². The molecule has 0 saturated heterocycles. The van der Waals surface area contributed by atoms with Crippen molar-refractivity contribution in [3.8, 4) is 0 Å². The van der Waals surface area contributed by atoms with Gasteiger partial charge in [-0.05, 0) is 37.2 Å². The van der Waals surface area contributed by atoms with E-state index in [1.54, 1.807) is 0 Å². The van der Waals surface area contributed by atoms with Crippen LogP contribution in [0.3, 0.4) is 0 Å². The SMILES string of the molecule is NC(=O)[C@H]1CC[C@H](CNC(=O)OCc2ccccc2)CC1. The van der Waals surface area contributed by atoms with Crippen molar-refractivity contribution >= 4 is 12.0 Å². The summed E-state index contributed by atoms with van der Waals surface area (Å²) >= 11 is 0. The van der Waals surface area contributed by atoms with Gasteiger partial charge in [0.1, 0.15) is 6.61 Å². The topological polar surface area (TPSA) is 81.4 Å². The number of carbonyl (C=O) groups excluding carboxylic acids is 2. The Balaban J connectivity index is 1.62. The predicted molar refractivity (Wildman–Crippen MR) is 79.3 cm³/mol. The molecule has 0 heterocycles. The average Bonchev–Trinajstić information content (AvgIpc) is 2.52. The zero-order valence-electron chi connectivity index (χ0n) is 12.1. The van der Waals surface area contributed by atoms with Gasteiger partial charge < -0.3 is 15.8 Å². The molecule has 0 radical (unpaired) electrons. The molecular formula is C16H22N2O3. The van der Waals surface area contributed by atoms with Crippen LogP contribution in [-0.2, 0) is 16.1 Å². The highest BCUT2D eigenvalue weighted by Gasteiger charge is 2.24. The molecule has 1 fully saturated rings. The zero-order valence-corrected chi connectivity index (χ0v) is 12.1. The number of hydrogen-bond donors (Lipinski definition) is 2. The van der Waals surface area contributed by atoms with Gasteiger partial charge in [-0.1, -0.05) is 30.3 Å². The number of primary amides is 1. The summed E-state index contributed by atoms with van der Waals surface area (Å²) in [6.45, 7) is 0.875. The maximum absolute atomic E-state index is 11.6. The summed E-state index contributed by atoms with van der Waals surface area (Å²) in [5.41, 5.74) is 6.27. The molecule has 5 nitrogen and oxygen atoms in total. The molecule has 0 bridgehead atoms. The minimum absolute atomic E-state index is 0.00582. The van der Waals surface area contributed by atoms with Crippen LogP contribution in [0.5, 0.6) is 0 Å². The van der Waals surface area contributed by atoms with Crippen molar-refractivity contribution < 1.29 is 14.3 Å². The highest BCUT2D eigenvalue weighted by atomic mass is 16.5. The first-order chi connectivity index (χ1) is 10.1. The third kappa shape index (κ3) is 5.10. The van der Waals surface area contributed by atoms with E-state index in [9.17, 15) is 9.59 Å². The van der Waals surface area contributed by atoms with E-state index in [4.69, 9.17) is 10.5 Å². The fourth-order valence-corrected chi connectivity index (χ4v) is 2.65. The molecule has 2 rings (SSSR count). The van der Waals surface area contributed by atoms with E-state index in [2.05, 4.69) is 5.32 Å². The number of hydrogen-bond acceptors (Lipinski definition) is 3. The van der Waals surface area contributed by atoms with E-state index in [1.807, 2.05) is 30.3 Å². The molecule has 1 aliphatic carbocycles. The fraction of sp³-hybridized carbons (Fsp3) is 0.500. The van der Waals surface area contributed by atoms with Gasteiger partial charge in [0.15, 0.2) is 0 Å². The second-order valence-corrected chi connectivity index (χ2v) is 5.56. The zero-order chi connectivity index (χ0) is 15.1. The summed E-state index contributed by atoms with van der Waals surface area (Å²) in [5.74, 6) is 0.208. The van der Waals surface area contributed by atoms with Crippen LogP contribution in [0, 0.1) is 11.8 Å². The normalized spacial score (nSPS) is 21.5. The Labute approximate surface area is 124 Å². The molecule has 0 aliphatic heterocycles. The number of benzene rings is 1. The van der Waals surface area contributed by atoms with Crippen LogP contribution < -0.4 is 11.1 Å². The molecule has 1 aromatic carbocycles. The highest BCUT2D eigenvalue weighted by molar-refractivity contribution is 5.76. The number of alkyl carbamates (subject to hydrolysis) is 1. The molecule has 21 heavy (non-hydrogen) atoms. The monoisotopic (exact) mass is 290 g/mol. The van der Waals surface area contributed by atoms with E-state index in [-0.39, 0.29) is 18.4 Å². The lowest BCUT2D eigenvalue weighted by molar-refractivity contribution is -0.122. The summed E-state index contributed by atoms with van der Waals surface area (Å²) < 4.78 is 5.15. The quantitative estimate of drug-likeness (QED) is 0.872. The van der Waals surface area contributed by atoms with E-state index >= 15 is 0 Å². The van der Waals surface area contributed by atoms with E-state index in [0.29, 0.717) is 12.5 Å². The smallest absolute Gasteiger partial charge is 0.407 e. The van der Waals surface area contributed by atoms with E-state index < -0.39 is 6.09 Å². The molecule has 114 valence electrons. The number of carbonyl (C=O) groups is 2. The first-order valence-electron chi connectivity index (χ1n) is 7.39. The van der Waals surface area contributed by atoms with Crippen LogP contribution in [0.4, 0.5) is 4.79 Å². The molecule has 5 heteroatoms. The molecule has 0 atom stereocenters. The molecule has 1 aromatic rings. The van der Waals surface area contributed by atoms with Crippen molar-refractivity contribution in [2.24, 2.45) is 17.6 Å². The number of amides is 2. The van der Waals surface area contributed by atoms with Crippen LogP contribution in [0.2, 0.25) is 0 Å². The average molecular weight is 290 g/mol. The second-order valence-electron chi connectivity index (χ2n) is 5.56. The Morgan fingerprint density at radius 3 is 2.43 bits per heavy atom. The molecular weight excluding hydrogens is 268 g/mol. The van der Waals surface area contributed by atoms with Gasteiger partial charge in [-0.15, -0.1) is 0 Å². The first-order valence-corrected chi connectivity index (χ1v) is 7.39. The number of rotatable bonds is 5. The molecule has 0 spiro atoms. The third-order valence-electron chi connectivity index (χ3n) is 4.00. The molecule has 1 aliphatic rings. The van der Waals surface area contributed by atoms with Crippen LogP contribution in [-0.4, -0.2) is 18.5 Å². The third-order valence-corrected chi connectivity index (χ3v) is 4.00. The van der Waals surface area contributed by atoms with Gasteiger partial charge in [0.25, 0.3) is 0 Å². The largest absolute Gasteiger partial charge is 0.445 e. The standard InChI is InChI=1S/C16H22N2O3/c17-15(19)14-8-6-12(7-9-14)10-18-16(20)21-11-13-4-2-1-3-5-13/h1-5,12,14H,6-11H2,(H2,17,19)(H,18,20)/t12-,14-. The van der Waals surface area contributed by atoms with Crippen molar-refractivity contribution in [2.75, 3.05) is 6.54 Å². The first kappa shape index (κ1) is 15.4. The predicted octanol–water partition coefficient (Wildman–Crippen LogP) is 2.20. The Kier molecular flexibility index (Phi) is 5.60. The van der Waals surface area contributed by atoms with Gasteiger partial charge >= 0.3 is 6.09 Å². The Bertz CT molecular complexity index is 468. The van der Waals surface area contributed by atoms with Crippen LogP contribution in [0.15, 0.2) is 30.3 Å². The lowest BCUT2D eigenvalue weighted by Gasteiger charge is -2.26. The van der Waals surface area contributed by atoms with Gasteiger partial charge in [0.05, 0.1) is 0 Å². The highest BCUT2D eigenvalue weighted by Crippen LogP contribution is 2.27. The lowest BCUT2D eigenvalue weighted by atomic mass is 9.82. The van der Waals surface area contributed by atoms with Gasteiger partial charge in [-0.25, -0.2) is 4.79 Å². The molecule has 2 amide bonds. The molecule has 0 unspecified atom stereocenters. The van der Waals surface area contributed by atoms with E-state index in [1.165, 1.54) is 0 Å². The van der Waals surface area contributed by atoms with Crippen LogP contribution in [0.25, 0.3) is 0 Å². The molecule has 1 saturated carbocycles. The summed E-state index contributed by atoms with van der Waals surface area (Å²) in [6.07, 6.45) is 3.09. The Hall–Kier alpha value is -2.04. The van der Waals surface area contributed by atoms with Crippen LogP contribution in [0.1, 0.15) is 31.2 Å². The summed E-state index contributed by atoms with van der Waals surface area (Å²) in [7, 11) is 0. The van der Waals surface area contributed by atoms with Crippen molar-refractivity contribution in [1.29, 1.82) is 0 Å². The van der Waals surface area contributed by atoms with Gasteiger partial charge in [-0.2, -0.15) is 0 Å². The minimum Gasteiger partial charge on any atom is -0.445 e.